The number of hydrogen-bond acceptors (Lipinski definition) is 5. The van der Waals surface area contributed by atoms with Crippen molar-refractivity contribution < 1.29 is 21.6 Å². The Kier molecular flexibility index (Phi) is 7.78. The van der Waals surface area contributed by atoms with Gasteiger partial charge in [-0.3, -0.25) is 4.79 Å². The predicted octanol–water partition coefficient (Wildman–Crippen LogP) is 0.500. The van der Waals surface area contributed by atoms with Crippen LogP contribution >= 0.6 is 0 Å². The number of amides is 1. The van der Waals surface area contributed by atoms with Gasteiger partial charge in [-0.1, -0.05) is 13.8 Å². The molecule has 0 saturated carbocycles. The molecule has 0 aromatic heterocycles. The van der Waals surface area contributed by atoms with Crippen LogP contribution in [0.1, 0.15) is 13.8 Å². The second-order valence-electron chi connectivity index (χ2n) is 4.16. The molecule has 2 N–H and O–H groups in total. The summed E-state index contributed by atoms with van der Waals surface area (Å²) < 4.78 is 44.4. The lowest BCUT2D eigenvalue weighted by atomic mass is 10.1. The number of nitrogens with two attached hydrogens (primary N) is 1. The zero-order valence-electron chi connectivity index (χ0n) is 12.7. The second-order valence-corrected chi connectivity index (χ2v) is 7.98. The Labute approximate surface area is 132 Å². The van der Waals surface area contributed by atoms with E-state index in [4.69, 9.17) is 13.0 Å². The Hall–Kier alpha value is -1.39. The van der Waals surface area contributed by atoms with E-state index in [0.29, 0.717) is 0 Å². The summed E-state index contributed by atoms with van der Waals surface area (Å²) in [5.74, 6) is -1.09. The van der Waals surface area contributed by atoms with Crippen LogP contribution in [0.25, 0.3) is 0 Å². The first-order valence-corrected chi connectivity index (χ1v) is 9.99. The number of hydrogen-bond donors (Lipinski definition) is 1. The van der Waals surface area contributed by atoms with E-state index in [1.807, 2.05) is 13.8 Å². The molecule has 1 aromatic carbocycles. The summed E-state index contributed by atoms with van der Waals surface area (Å²) in [6, 6.07) is 5.07. The molecule has 122 valence electrons. The van der Waals surface area contributed by atoms with E-state index in [1.165, 1.54) is 24.3 Å². The number of carbonyl (C=O) groups is 1. The minimum absolute atomic E-state index is 0.117. The number of sulfonamides is 1. The highest BCUT2D eigenvalue weighted by Gasteiger charge is 2.15. The van der Waals surface area contributed by atoms with Gasteiger partial charge in [0.1, 0.15) is 9.84 Å². The van der Waals surface area contributed by atoms with Gasteiger partial charge in [-0.2, -0.15) is 0 Å². The molecule has 1 amide bonds. The Bertz CT molecular complexity index is 700. The number of sulfone groups is 1. The van der Waals surface area contributed by atoms with Gasteiger partial charge in [-0.15, -0.1) is 0 Å². The molecule has 7 nitrogen and oxygen atoms in total. The topological polar surface area (TPSA) is 115 Å². The largest absolute Gasteiger partial charge is 0.321 e. The Morgan fingerprint density at radius 1 is 1.14 bits per heavy atom. The molecule has 0 aliphatic rings. The first-order chi connectivity index (χ1) is 10.0. The molecule has 0 aliphatic heterocycles. The number of nitrogens with zero attached hydrogens (tertiary/aromatic N) is 1. The standard InChI is InChI=1S/C10H13BN2O5S2.C2H6/c1-19(15,16)7-6-13(10(11)14)8-2-4-9(5-3-8)20(12,17)18;1-2/h2-5H,6-7H2,1H3,(H2,12,17,18);1-2H3. The molecule has 10 heteroatoms. The minimum Gasteiger partial charge on any atom is -0.321 e. The average Bonchev–Trinajstić information content (AvgIpc) is 2.39. The number of rotatable bonds is 5. The second kappa shape index (κ2) is 8.30. The van der Waals surface area contributed by atoms with Gasteiger partial charge in [0.05, 0.1) is 10.6 Å². The molecular formula is C12H19BN2O5S2. The van der Waals surface area contributed by atoms with Crippen LogP contribution in [0.5, 0.6) is 0 Å². The molecular weight excluding hydrogens is 327 g/mol. The third-order valence-corrected chi connectivity index (χ3v) is 4.28. The molecule has 0 spiro atoms. The first-order valence-electron chi connectivity index (χ1n) is 6.38. The maximum Gasteiger partial charge on any atom is 0.238 e. The number of benzene rings is 1. The molecule has 0 saturated heterocycles. The number of primary sulfonamides is 1. The number of anilines is 1. The highest BCUT2D eigenvalue weighted by molar-refractivity contribution is 7.90. The molecule has 0 atom stereocenters. The molecule has 2 radical (unpaired) electrons. The van der Waals surface area contributed by atoms with Crippen molar-refractivity contribution >= 4 is 39.2 Å². The summed E-state index contributed by atoms with van der Waals surface area (Å²) in [5.41, 5.74) is 0.286. The van der Waals surface area contributed by atoms with Crippen LogP contribution in [-0.4, -0.2) is 49.0 Å². The molecule has 0 fully saturated rings. The van der Waals surface area contributed by atoms with Crippen molar-refractivity contribution in [1.29, 1.82) is 0 Å². The summed E-state index contributed by atoms with van der Waals surface area (Å²) in [6.07, 6.45) is 1.04. The summed E-state index contributed by atoms with van der Waals surface area (Å²) in [5, 5.41) is 4.95. The Morgan fingerprint density at radius 2 is 1.59 bits per heavy atom. The molecule has 22 heavy (non-hydrogen) atoms. The van der Waals surface area contributed by atoms with Crippen LogP contribution in [-0.2, 0) is 19.9 Å². The normalized spacial score (nSPS) is 11.3. The van der Waals surface area contributed by atoms with E-state index in [-0.39, 0.29) is 22.9 Å². The van der Waals surface area contributed by atoms with Crippen molar-refractivity contribution in [3.63, 3.8) is 0 Å². The van der Waals surface area contributed by atoms with Crippen molar-refractivity contribution in [3.8, 4) is 0 Å². The van der Waals surface area contributed by atoms with Gasteiger partial charge >= 0.3 is 0 Å². The van der Waals surface area contributed by atoms with Gasteiger partial charge in [-0.05, 0) is 24.3 Å². The van der Waals surface area contributed by atoms with Crippen LogP contribution in [0.3, 0.4) is 0 Å². The van der Waals surface area contributed by atoms with E-state index >= 15 is 0 Å². The maximum atomic E-state index is 11.3. The van der Waals surface area contributed by atoms with Crippen LogP contribution < -0.4 is 10.0 Å². The van der Waals surface area contributed by atoms with Crippen LogP contribution in [0.2, 0.25) is 0 Å². The third-order valence-electron chi connectivity index (χ3n) is 2.43. The van der Waals surface area contributed by atoms with Gasteiger partial charge in [0.15, 0.2) is 5.81 Å². The Morgan fingerprint density at radius 3 is 1.91 bits per heavy atom. The van der Waals surface area contributed by atoms with Gasteiger partial charge in [-0.25, -0.2) is 22.0 Å². The first kappa shape index (κ1) is 20.6. The van der Waals surface area contributed by atoms with E-state index in [0.717, 1.165) is 11.2 Å². The monoisotopic (exact) mass is 346 g/mol. The lowest BCUT2D eigenvalue weighted by molar-refractivity contribution is 0.264. The van der Waals surface area contributed by atoms with Gasteiger partial charge in [0.25, 0.3) is 0 Å². The highest BCUT2D eigenvalue weighted by atomic mass is 32.2. The maximum absolute atomic E-state index is 11.3. The molecule has 0 bridgehead atoms. The number of carbonyl (C=O) groups excluding carboxylic acids is 1. The molecule has 0 heterocycles. The summed E-state index contributed by atoms with van der Waals surface area (Å²) >= 11 is 0. The zero-order chi connectivity index (χ0) is 17.6. The van der Waals surface area contributed by atoms with Crippen LogP contribution in [0.15, 0.2) is 29.2 Å². The fourth-order valence-electron chi connectivity index (χ4n) is 1.44. The summed E-state index contributed by atoms with van der Waals surface area (Å²) in [7, 11) is -1.92. The fraction of sp³-hybridized carbons (Fsp3) is 0.417. The van der Waals surface area contributed by atoms with Gasteiger partial charge in [0, 0.05) is 18.5 Å². The minimum atomic E-state index is -3.83. The quantitative estimate of drug-likeness (QED) is 0.780. The van der Waals surface area contributed by atoms with Crippen LogP contribution in [0, 0.1) is 0 Å². The summed E-state index contributed by atoms with van der Waals surface area (Å²) in [6.45, 7) is 3.88. The molecule has 1 aromatic rings. The third kappa shape index (κ3) is 7.05. The zero-order valence-corrected chi connectivity index (χ0v) is 14.3. The average molecular weight is 346 g/mol. The lowest BCUT2D eigenvalue weighted by Crippen LogP contribution is -2.34. The van der Waals surface area contributed by atoms with Gasteiger partial charge in [0.2, 0.25) is 17.9 Å². The van der Waals surface area contributed by atoms with Gasteiger partial charge < -0.3 is 4.90 Å². The predicted molar refractivity (Wildman–Crippen MR) is 87.4 cm³/mol. The van der Waals surface area contributed by atoms with Crippen molar-refractivity contribution in [2.45, 2.75) is 18.7 Å². The smallest absolute Gasteiger partial charge is 0.238 e. The fourth-order valence-corrected chi connectivity index (χ4v) is 2.47. The van der Waals surface area contributed by atoms with E-state index in [2.05, 4.69) is 0 Å². The molecule has 0 unspecified atom stereocenters. The van der Waals surface area contributed by atoms with Crippen LogP contribution in [0.4, 0.5) is 10.5 Å². The SMILES string of the molecule is CC.[B]C(=O)N(CCS(C)(=O)=O)c1ccc(S(N)(=O)=O)cc1. The van der Waals surface area contributed by atoms with Crippen molar-refractivity contribution in [1.82, 2.24) is 0 Å². The Balaban J connectivity index is 0.00000211. The summed E-state index contributed by atoms with van der Waals surface area (Å²) in [4.78, 5) is 12.2. The van der Waals surface area contributed by atoms with Crippen molar-refractivity contribution in [2.75, 3.05) is 23.5 Å². The molecule has 0 aliphatic carbocycles. The van der Waals surface area contributed by atoms with Crippen molar-refractivity contribution in [3.05, 3.63) is 24.3 Å². The lowest BCUT2D eigenvalue weighted by Gasteiger charge is -2.21. The van der Waals surface area contributed by atoms with E-state index in [9.17, 15) is 21.6 Å². The van der Waals surface area contributed by atoms with E-state index in [1.54, 1.807) is 0 Å². The van der Waals surface area contributed by atoms with E-state index < -0.39 is 25.7 Å². The molecule has 1 rings (SSSR count). The highest BCUT2D eigenvalue weighted by Crippen LogP contribution is 2.17. The van der Waals surface area contributed by atoms with Crippen molar-refractivity contribution in [2.24, 2.45) is 5.14 Å².